The van der Waals surface area contributed by atoms with Gasteiger partial charge in [-0.2, -0.15) is 0 Å². The predicted molar refractivity (Wildman–Crippen MR) is 99.4 cm³/mol. The van der Waals surface area contributed by atoms with E-state index in [9.17, 15) is 10.1 Å². The van der Waals surface area contributed by atoms with Crippen LogP contribution in [0.1, 0.15) is 11.4 Å². The number of non-ortho nitro benzene ring substituents is 1. The number of ether oxygens (including phenoxy) is 1. The van der Waals surface area contributed by atoms with Crippen LogP contribution in [0.15, 0.2) is 53.7 Å². The van der Waals surface area contributed by atoms with Crippen molar-refractivity contribution in [3.63, 3.8) is 0 Å². The molecule has 7 nitrogen and oxygen atoms in total. The van der Waals surface area contributed by atoms with Crippen LogP contribution in [0.25, 0.3) is 0 Å². The zero-order chi connectivity index (χ0) is 18.5. The minimum absolute atomic E-state index is 0.0824. The van der Waals surface area contributed by atoms with Crippen molar-refractivity contribution in [2.75, 3.05) is 0 Å². The Hall–Kier alpha value is -2.58. The van der Waals surface area contributed by atoms with E-state index in [1.54, 1.807) is 36.4 Å². The molecule has 0 unspecified atom stereocenters. The molecule has 3 rings (SSSR count). The minimum Gasteiger partial charge on any atom is -0.486 e. The van der Waals surface area contributed by atoms with Gasteiger partial charge in [0.25, 0.3) is 5.69 Å². The number of thioether (sulfide) groups is 1. The summed E-state index contributed by atoms with van der Waals surface area (Å²) >= 11 is 7.35. The van der Waals surface area contributed by atoms with E-state index in [0.717, 1.165) is 10.7 Å². The van der Waals surface area contributed by atoms with Crippen molar-refractivity contribution in [2.24, 2.45) is 7.05 Å². The molecule has 0 bridgehead atoms. The van der Waals surface area contributed by atoms with Gasteiger partial charge in [-0.05, 0) is 29.8 Å². The molecular weight excluding hydrogens is 376 g/mol. The van der Waals surface area contributed by atoms with E-state index in [4.69, 9.17) is 16.3 Å². The summed E-state index contributed by atoms with van der Waals surface area (Å²) in [7, 11) is 1.87. The Kier molecular flexibility index (Phi) is 5.75. The number of halogens is 1. The number of nitro groups is 1. The molecule has 0 saturated carbocycles. The standard InChI is InChI=1S/C17H15ClN4O3S/c1-21-16(10-25-15-8-4-13(18)5-9-15)19-20-17(21)26-11-12-2-6-14(7-3-12)22(23)24/h2-9H,10-11H2,1H3. The topological polar surface area (TPSA) is 83.1 Å². The Morgan fingerprint density at radius 1 is 1.15 bits per heavy atom. The molecule has 1 heterocycles. The Bertz CT molecular complexity index is 897. The van der Waals surface area contributed by atoms with Crippen LogP contribution in [0, 0.1) is 10.1 Å². The van der Waals surface area contributed by atoms with E-state index in [0.29, 0.717) is 29.0 Å². The molecule has 0 N–H and O–H groups in total. The third-order valence-corrected chi connectivity index (χ3v) is 4.97. The fourth-order valence-electron chi connectivity index (χ4n) is 2.14. The first-order valence-corrected chi connectivity index (χ1v) is 9.02. The summed E-state index contributed by atoms with van der Waals surface area (Å²) in [5.41, 5.74) is 1.06. The van der Waals surface area contributed by atoms with Gasteiger partial charge in [-0.15, -0.1) is 10.2 Å². The molecule has 3 aromatic rings. The zero-order valence-corrected chi connectivity index (χ0v) is 15.4. The van der Waals surface area contributed by atoms with Crippen LogP contribution in [0.5, 0.6) is 5.75 Å². The van der Waals surface area contributed by atoms with Crippen LogP contribution in [-0.4, -0.2) is 19.7 Å². The minimum atomic E-state index is -0.410. The summed E-state index contributed by atoms with van der Waals surface area (Å²) < 4.78 is 7.55. The maximum Gasteiger partial charge on any atom is 0.269 e. The van der Waals surface area contributed by atoms with Crippen LogP contribution in [0.2, 0.25) is 5.02 Å². The van der Waals surface area contributed by atoms with Crippen molar-refractivity contribution in [1.29, 1.82) is 0 Å². The van der Waals surface area contributed by atoms with Crippen LogP contribution < -0.4 is 4.74 Å². The molecule has 134 valence electrons. The molecule has 2 aromatic carbocycles. The van der Waals surface area contributed by atoms with Gasteiger partial charge in [0.15, 0.2) is 11.0 Å². The first kappa shape index (κ1) is 18.2. The van der Waals surface area contributed by atoms with Gasteiger partial charge in [-0.25, -0.2) is 0 Å². The molecule has 1 aromatic heterocycles. The first-order valence-electron chi connectivity index (χ1n) is 7.65. The molecule has 0 saturated heterocycles. The number of rotatable bonds is 7. The van der Waals surface area contributed by atoms with Crippen LogP contribution in [0.3, 0.4) is 0 Å². The van der Waals surface area contributed by atoms with Gasteiger partial charge in [-0.1, -0.05) is 35.5 Å². The van der Waals surface area contributed by atoms with Crippen molar-refractivity contribution in [2.45, 2.75) is 17.5 Å². The number of nitrogens with zero attached hydrogens (tertiary/aromatic N) is 4. The molecule has 0 aliphatic heterocycles. The van der Waals surface area contributed by atoms with E-state index < -0.39 is 4.92 Å². The van der Waals surface area contributed by atoms with Gasteiger partial charge in [0.05, 0.1) is 4.92 Å². The first-order chi connectivity index (χ1) is 12.5. The third-order valence-electron chi connectivity index (χ3n) is 3.62. The molecule has 0 fully saturated rings. The average molecular weight is 391 g/mol. The smallest absolute Gasteiger partial charge is 0.269 e. The Labute approximate surface area is 159 Å². The van der Waals surface area contributed by atoms with E-state index >= 15 is 0 Å². The molecule has 0 aliphatic carbocycles. The predicted octanol–water partition coefficient (Wildman–Crippen LogP) is 4.25. The fraction of sp³-hybridized carbons (Fsp3) is 0.176. The Morgan fingerprint density at radius 3 is 2.50 bits per heavy atom. The normalized spacial score (nSPS) is 10.7. The SMILES string of the molecule is Cn1c(COc2ccc(Cl)cc2)nnc1SCc1ccc([N+](=O)[O-])cc1. The lowest BCUT2D eigenvalue weighted by Crippen LogP contribution is -2.04. The van der Waals surface area contributed by atoms with Gasteiger partial charge < -0.3 is 9.30 Å². The lowest BCUT2D eigenvalue weighted by Gasteiger charge is -2.06. The zero-order valence-electron chi connectivity index (χ0n) is 13.8. The highest BCUT2D eigenvalue weighted by atomic mass is 35.5. The number of hydrogen-bond donors (Lipinski definition) is 0. The second kappa shape index (κ2) is 8.20. The largest absolute Gasteiger partial charge is 0.486 e. The lowest BCUT2D eigenvalue weighted by atomic mass is 10.2. The number of hydrogen-bond acceptors (Lipinski definition) is 6. The summed E-state index contributed by atoms with van der Waals surface area (Å²) in [5.74, 6) is 2.05. The van der Waals surface area contributed by atoms with Crippen molar-refractivity contribution < 1.29 is 9.66 Å². The van der Waals surface area contributed by atoms with Gasteiger partial charge >= 0.3 is 0 Å². The molecule has 0 radical (unpaired) electrons. The van der Waals surface area contributed by atoms with Crippen LogP contribution >= 0.6 is 23.4 Å². The van der Waals surface area contributed by atoms with E-state index in [2.05, 4.69) is 10.2 Å². The quantitative estimate of drug-likeness (QED) is 0.340. The maximum atomic E-state index is 10.7. The van der Waals surface area contributed by atoms with Gasteiger partial charge in [0.2, 0.25) is 0 Å². The highest BCUT2D eigenvalue weighted by Gasteiger charge is 2.11. The molecule has 0 amide bonds. The summed E-state index contributed by atoms with van der Waals surface area (Å²) in [6, 6.07) is 13.6. The van der Waals surface area contributed by atoms with Gasteiger partial charge in [0, 0.05) is 30.0 Å². The number of aromatic nitrogens is 3. The third kappa shape index (κ3) is 4.53. The highest BCUT2D eigenvalue weighted by Crippen LogP contribution is 2.23. The highest BCUT2D eigenvalue weighted by molar-refractivity contribution is 7.98. The van der Waals surface area contributed by atoms with Gasteiger partial charge in [-0.3, -0.25) is 10.1 Å². The van der Waals surface area contributed by atoms with Crippen LogP contribution in [0.4, 0.5) is 5.69 Å². The summed E-state index contributed by atoms with van der Waals surface area (Å²) in [6.45, 7) is 0.295. The van der Waals surface area contributed by atoms with E-state index in [1.165, 1.54) is 23.9 Å². The number of benzene rings is 2. The maximum absolute atomic E-state index is 10.7. The summed E-state index contributed by atoms with van der Waals surface area (Å²) in [4.78, 5) is 10.3. The van der Waals surface area contributed by atoms with E-state index in [-0.39, 0.29) is 5.69 Å². The molecular formula is C17H15ClN4O3S. The summed E-state index contributed by atoms with van der Waals surface area (Å²) in [5, 5.41) is 20.4. The second-order valence-corrected chi connectivity index (χ2v) is 6.79. The van der Waals surface area contributed by atoms with E-state index in [1.807, 2.05) is 11.6 Å². The molecule has 26 heavy (non-hydrogen) atoms. The second-order valence-electron chi connectivity index (χ2n) is 5.41. The molecule has 0 atom stereocenters. The molecule has 9 heteroatoms. The van der Waals surface area contributed by atoms with Crippen molar-refractivity contribution in [1.82, 2.24) is 14.8 Å². The summed E-state index contributed by atoms with van der Waals surface area (Å²) in [6.07, 6.45) is 0. The van der Waals surface area contributed by atoms with Crippen molar-refractivity contribution >= 4 is 29.1 Å². The molecule has 0 spiro atoms. The average Bonchev–Trinajstić information content (AvgIpc) is 3.00. The Balaban J connectivity index is 1.58. The fourth-order valence-corrected chi connectivity index (χ4v) is 3.15. The van der Waals surface area contributed by atoms with Crippen LogP contribution in [-0.2, 0) is 19.4 Å². The Morgan fingerprint density at radius 2 is 1.85 bits per heavy atom. The van der Waals surface area contributed by atoms with Crippen molar-refractivity contribution in [3.8, 4) is 5.75 Å². The number of nitro benzene ring substituents is 1. The monoisotopic (exact) mass is 390 g/mol. The molecule has 0 aliphatic rings. The lowest BCUT2D eigenvalue weighted by molar-refractivity contribution is -0.384. The van der Waals surface area contributed by atoms with Gasteiger partial charge in [0.1, 0.15) is 12.4 Å². The van der Waals surface area contributed by atoms with Crippen molar-refractivity contribution in [3.05, 3.63) is 75.1 Å².